The van der Waals surface area contributed by atoms with Crippen molar-refractivity contribution in [2.75, 3.05) is 36.9 Å². The predicted octanol–water partition coefficient (Wildman–Crippen LogP) is 2.21. The van der Waals surface area contributed by atoms with E-state index in [1.54, 1.807) is 19.1 Å². The maximum atomic E-state index is 13.5. The summed E-state index contributed by atoms with van der Waals surface area (Å²) in [5, 5.41) is 19.8. The van der Waals surface area contributed by atoms with Crippen LogP contribution in [0.1, 0.15) is 30.9 Å². The van der Waals surface area contributed by atoms with Gasteiger partial charge in [0.25, 0.3) is 10.9 Å². The van der Waals surface area contributed by atoms with Crippen LogP contribution in [-0.4, -0.2) is 56.2 Å². The molecule has 5 rings (SSSR count). The Balaban J connectivity index is 1.43. The maximum Gasteiger partial charge on any atom is 0.253 e. The fourth-order valence-corrected chi connectivity index (χ4v) is 6.82. The van der Waals surface area contributed by atoms with Gasteiger partial charge in [-0.25, -0.2) is 8.42 Å². The van der Waals surface area contributed by atoms with Crippen molar-refractivity contribution in [3.63, 3.8) is 0 Å². The van der Waals surface area contributed by atoms with Crippen molar-refractivity contribution in [1.29, 1.82) is 0 Å². The van der Waals surface area contributed by atoms with E-state index in [4.69, 9.17) is 20.8 Å². The number of halogens is 1. The number of hydrogen-bond acceptors (Lipinski definition) is 10. The van der Waals surface area contributed by atoms with E-state index in [0.29, 0.717) is 31.1 Å². The van der Waals surface area contributed by atoms with Gasteiger partial charge in [-0.1, -0.05) is 18.5 Å². The Hall–Kier alpha value is -2.90. The van der Waals surface area contributed by atoms with Crippen LogP contribution in [0.2, 0.25) is 5.02 Å². The number of anilines is 3. The van der Waals surface area contributed by atoms with Crippen LogP contribution in [0.5, 0.6) is 5.75 Å². The first-order valence-corrected chi connectivity index (χ1v) is 13.7. The quantitative estimate of drug-likeness (QED) is 0.243. The molecule has 198 valence electrons. The number of fused-ring (bicyclic) bond motifs is 1. The van der Waals surface area contributed by atoms with Gasteiger partial charge in [0.2, 0.25) is 10.0 Å². The Morgan fingerprint density at radius 1 is 1.19 bits per heavy atom. The Bertz CT molecular complexity index is 1500. The number of rotatable bonds is 8. The number of hydrogen-bond donors (Lipinski definition) is 4. The molecule has 2 saturated heterocycles. The summed E-state index contributed by atoms with van der Waals surface area (Å²) in [4.78, 5) is 24.3. The highest BCUT2D eigenvalue weighted by Crippen LogP contribution is 2.41. The third-order valence-corrected chi connectivity index (χ3v) is 9.09. The molecular formula is C24H27ClN4O7S. The molecule has 1 aromatic heterocycles. The molecule has 0 amide bonds. The molecule has 3 heterocycles. The van der Waals surface area contributed by atoms with Crippen LogP contribution < -0.4 is 26.8 Å². The number of morpholine rings is 1. The molecule has 0 radical (unpaired) electrons. The molecule has 3 atom stereocenters. The van der Waals surface area contributed by atoms with Crippen LogP contribution in [0.3, 0.4) is 0 Å². The van der Waals surface area contributed by atoms with E-state index < -0.39 is 31.5 Å². The van der Waals surface area contributed by atoms with E-state index in [2.05, 4.69) is 16.0 Å². The largest absolute Gasteiger partial charge is 0.504 e. The lowest BCUT2D eigenvalue weighted by molar-refractivity contribution is 0.0194. The zero-order chi connectivity index (χ0) is 26.5. The maximum absolute atomic E-state index is 13.5. The number of nitrogens with one attached hydrogen (secondary N) is 3. The van der Waals surface area contributed by atoms with Gasteiger partial charge in [0.15, 0.2) is 5.75 Å². The standard InChI is InChI=1S/C24H27ClN4O7S/c1-3-14(17-7-4-12(2)36-17)27-19-20(23(32)22(19)31)28-15-6-5-13(25)24(21(15)30)37(33,34)29-10-16-18(11-29)35-9-8-26-16/h4-7,14,16,18,26-28,30H,3,8-11H2,1-2H3/t14-,16-,18-/m1/s1. The Morgan fingerprint density at radius 2 is 1.95 bits per heavy atom. The molecule has 2 aliphatic rings. The van der Waals surface area contributed by atoms with Gasteiger partial charge in [0, 0.05) is 25.7 Å². The summed E-state index contributed by atoms with van der Waals surface area (Å²) in [5.41, 5.74) is -1.66. The first kappa shape index (κ1) is 25.7. The molecule has 2 fully saturated rings. The molecule has 0 aliphatic carbocycles. The molecule has 3 aromatic rings. The minimum Gasteiger partial charge on any atom is -0.504 e. The molecule has 11 nitrogen and oxygen atoms in total. The molecule has 0 unspecified atom stereocenters. The molecule has 4 N–H and O–H groups in total. The Kier molecular flexibility index (Phi) is 6.79. The van der Waals surface area contributed by atoms with Crippen molar-refractivity contribution in [3.05, 3.63) is 61.3 Å². The van der Waals surface area contributed by atoms with E-state index in [1.807, 2.05) is 6.92 Å². The van der Waals surface area contributed by atoms with Gasteiger partial charge in [-0.2, -0.15) is 4.31 Å². The highest BCUT2D eigenvalue weighted by Gasteiger charge is 2.43. The fourth-order valence-electron chi connectivity index (χ4n) is 4.75. The highest BCUT2D eigenvalue weighted by atomic mass is 35.5. The van der Waals surface area contributed by atoms with E-state index in [-0.39, 0.29) is 53.4 Å². The monoisotopic (exact) mass is 550 g/mol. The minimum absolute atomic E-state index is 0.0245. The average Bonchev–Trinajstić information content (AvgIpc) is 3.51. The summed E-state index contributed by atoms with van der Waals surface area (Å²) in [5.74, 6) is 0.660. The normalized spacial score (nSPS) is 21.2. The van der Waals surface area contributed by atoms with Gasteiger partial charge in [-0.15, -0.1) is 0 Å². The van der Waals surface area contributed by atoms with Gasteiger partial charge in [-0.3, -0.25) is 9.59 Å². The number of phenolic OH excluding ortho intramolecular Hbond substituents is 1. The average molecular weight is 551 g/mol. The summed E-state index contributed by atoms with van der Waals surface area (Å²) in [6.07, 6.45) is 0.267. The SMILES string of the molecule is CC[C@@H](Nc1c(Nc2ccc(Cl)c(S(=O)(=O)N3C[C@H]4NCCO[C@@H]4C3)c2O)c(=O)c1=O)c1ccc(C)o1. The van der Waals surface area contributed by atoms with Crippen molar-refractivity contribution in [3.8, 4) is 5.75 Å². The second-order valence-electron chi connectivity index (χ2n) is 9.15. The first-order valence-electron chi connectivity index (χ1n) is 11.9. The number of aromatic hydroxyl groups is 1. The van der Waals surface area contributed by atoms with Crippen LogP contribution >= 0.6 is 11.6 Å². The van der Waals surface area contributed by atoms with E-state index >= 15 is 0 Å². The smallest absolute Gasteiger partial charge is 0.253 e. The highest BCUT2D eigenvalue weighted by molar-refractivity contribution is 7.89. The topological polar surface area (TPSA) is 150 Å². The van der Waals surface area contributed by atoms with Gasteiger partial charge < -0.3 is 30.2 Å². The van der Waals surface area contributed by atoms with Crippen LogP contribution in [0, 0.1) is 6.92 Å². The third-order valence-electron chi connectivity index (χ3n) is 6.76. The van der Waals surface area contributed by atoms with Gasteiger partial charge >= 0.3 is 0 Å². The Morgan fingerprint density at radius 3 is 2.62 bits per heavy atom. The van der Waals surface area contributed by atoms with Crippen LogP contribution in [0.25, 0.3) is 0 Å². The van der Waals surface area contributed by atoms with Crippen molar-refractivity contribution in [2.45, 2.75) is 43.4 Å². The van der Waals surface area contributed by atoms with Gasteiger partial charge in [0.05, 0.1) is 29.5 Å². The second kappa shape index (κ2) is 9.76. The van der Waals surface area contributed by atoms with Crippen molar-refractivity contribution in [2.24, 2.45) is 0 Å². The second-order valence-corrected chi connectivity index (χ2v) is 11.4. The van der Waals surface area contributed by atoms with E-state index in [1.165, 1.54) is 16.4 Å². The molecule has 0 bridgehead atoms. The zero-order valence-corrected chi connectivity index (χ0v) is 21.8. The van der Waals surface area contributed by atoms with Crippen molar-refractivity contribution >= 4 is 38.7 Å². The molecule has 13 heteroatoms. The lowest BCUT2D eigenvalue weighted by atomic mass is 10.1. The van der Waals surface area contributed by atoms with E-state index in [9.17, 15) is 23.1 Å². The number of aryl methyl sites for hydroxylation is 1. The Labute approximate surface area is 218 Å². The first-order chi connectivity index (χ1) is 17.6. The summed E-state index contributed by atoms with van der Waals surface area (Å²) in [6, 6.07) is 5.71. The van der Waals surface area contributed by atoms with E-state index in [0.717, 1.165) is 0 Å². The minimum atomic E-state index is -4.20. The lowest BCUT2D eigenvalue weighted by Crippen LogP contribution is -2.47. The fraction of sp³-hybridized carbons (Fsp3) is 0.417. The van der Waals surface area contributed by atoms with Gasteiger partial charge in [0.1, 0.15) is 27.8 Å². The predicted molar refractivity (Wildman–Crippen MR) is 138 cm³/mol. The molecule has 2 aromatic carbocycles. The zero-order valence-electron chi connectivity index (χ0n) is 20.2. The van der Waals surface area contributed by atoms with Crippen molar-refractivity contribution in [1.82, 2.24) is 9.62 Å². The van der Waals surface area contributed by atoms with Gasteiger partial charge in [-0.05, 0) is 37.6 Å². The molecule has 0 saturated carbocycles. The summed E-state index contributed by atoms with van der Waals surface area (Å²) >= 11 is 6.24. The van der Waals surface area contributed by atoms with Crippen LogP contribution in [0.15, 0.2) is 43.2 Å². The number of phenols is 1. The molecular weight excluding hydrogens is 524 g/mol. The van der Waals surface area contributed by atoms with Crippen LogP contribution in [-0.2, 0) is 14.8 Å². The molecule has 0 spiro atoms. The van der Waals surface area contributed by atoms with Crippen LogP contribution in [0.4, 0.5) is 17.1 Å². The molecule has 2 aliphatic heterocycles. The summed E-state index contributed by atoms with van der Waals surface area (Å²) in [7, 11) is -4.20. The molecule has 37 heavy (non-hydrogen) atoms. The summed E-state index contributed by atoms with van der Waals surface area (Å²) < 4.78 is 39.5. The third kappa shape index (κ3) is 4.53. The number of furan rings is 1. The number of ether oxygens (including phenoxy) is 1. The van der Waals surface area contributed by atoms with Crippen molar-refractivity contribution < 1.29 is 22.7 Å². The number of sulfonamides is 1. The number of benzene rings is 1. The lowest BCUT2D eigenvalue weighted by Gasteiger charge is -2.25. The summed E-state index contributed by atoms with van der Waals surface area (Å²) in [6.45, 7) is 5.08. The number of nitrogens with zero attached hydrogens (tertiary/aromatic N) is 1.